The molecule has 0 radical (unpaired) electrons. The minimum absolute atomic E-state index is 0.0902. The highest BCUT2D eigenvalue weighted by Crippen LogP contribution is 2.22. The van der Waals surface area contributed by atoms with Crippen LogP contribution in [0.1, 0.15) is 44.7 Å². The molecule has 0 aromatic heterocycles. The molecule has 2 amide bonds. The van der Waals surface area contributed by atoms with Crippen molar-refractivity contribution in [2.75, 3.05) is 32.8 Å². The molecule has 1 aromatic carbocycles. The van der Waals surface area contributed by atoms with Crippen LogP contribution in [-0.4, -0.2) is 60.5 Å². The number of carbonyl (C=O) groups is 2. The number of nitrogens with zero attached hydrogens (tertiary/aromatic N) is 2. The molecule has 0 bridgehead atoms. The fourth-order valence-electron chi connectivity index (χ4n) is 3.56. The Morgan fingerprint density at radius 2 is 1.65 bits per heavy atom. The monoisotopic (exact) mass is 358 g/mol. The lowest BCUT2D eigenvalue weighted by Gasteiger charge is -2.35. The van der Waals surface area contributed by atoms with Gasteiger partial charge in [-0.2, -0.15) is 0 Å². The van der Waals surface area contributed by atoms with Gasteiger partial charge in [0.2, 0.25) is 5.91 Å². The summed E-state index contributed by atoms with van der Waals surface area (Å²) >= 11 is 0. The van der Waals surface area contributed by atoms with E-state index in [1.54, 1.807) is 0 Å². The third kappa shape index (κ3) is 4.44. The van der Waals surface area contributed by atoms with Gasteiger partial charge in [-0.25, -0.2) is 0 Å². The minimum atomic E-state index is -0.265. The fourth-order valence-corrected chi connectivity index (χ4v) is 3.56. The van der Waals surface area contributed by atoms with Crippen molar-refractivity contribution >= 4 is 11.8 Å². The van der Waals surface area contributed by atoms with Gasteiger partial charge in [0.05, 0.1) is 6.42 Å². The molecule has 0 aliphatic carbocycles. The van der Waals surface area contributed by atoms with Crippen LogP contribution in [0.5, 0.6) is 0 Å². The number of hydrogen-bond donors (Lipinski definition) is 0. The Morgan fingerprint density at radius 1 is 1.04 bits per heavy atom. The lowest BCUT2D eigenvalue weighted by atomic mass is 9.86. The molecule has 3 rings (SSSR count). The van der Waals surface area contributed by atoms with Crippen LogP contribution in [-0.2, 0) is 26.2 Å². The van der Waals surface area contributed by atoms with Crippen LogP contribution in [0.4, 0.5) is 0 Å². The Labute approximate surface area is 156 Å². The van der Waals surface area contributed by atoms with Gasteiger partial charge in [0, 0.05) is 32.8 Å². The zero-order valence-electron chi connectivity index (χ0n) is 16.2. The first-order chi connectivity index (χ1) is 12.3. The SMILES string of the molecule is CC(C)(C)c1ccc(CC(=O)N2CCN(C(=O)C3CCCO3)CC2)cc1. The second-order valence-corrected chi connectivity index (χ2v) is 8.33. The smallest absolute Gasteiger partial charge is 0.251 e. The minimum Gasteiger partial charge on any atom is -0.368 e. The van der Waals surface area contributed by atoms with Crippen LogP contribution < -0.4 is 0 Å². The van der Waals surface area contributed by atoms with Gasteiger partial charge in [0.1, 0.15) is 6.10 Å². The molecule has 2 fully saturated rings. The summed E-state index contributed by atoms with van der Waals surface area (Å²) < 4.78 is 5.48. The number of rotatable bonds is 3. The summed E-state index contributed by atoms with van der Waals surface area (Å²) in [5.41, 5.74) is 2.44. The van der Waals surface area contributed by atoms with Crippen LogP contribution >= 0.6 is 0 Å². The van der Waals surface area contributed by atoms with Gasteiger partial charge in [0.25, 0.3) is 5.91 Å². The van der Waals surface area contributed by atoms with Crippen molar-refractivity contribution in [2.24, 2.45) is 0 Å². The third-order valence-electron chi connectivity index (χ3n) is 5.32. The van der Waals surface area contributed by atoms with Crippen molar-refractivity contribution < 1.29 is 14.3 Å². The van der Waals surface area contributed by atoms with E-state index in [0.29, 0.717) is 39.2 Å². The molecule has 2 heterocycles. The van der Waals surface area contributed by atoms with Gasteiger partial charge in [-0.15, -0.1) is 0 Å². The van der Waals surface area contributed by atoms with Gasteiger partial charge in [-0.3, -0.25) is 9.59 Å². The molecule has 2 saturated heterocycles. The highest BCUT2D eigenvalue weighted by Gasteiger charge is 2.31. The van der Waals surface area contributed by atoms with Crippen LogP contribution in [0, 0.1) is 0 Å². The van der Waals surface area contributed by atoms with Crippen molar-refractivity contribution in [3.8, 4) is 0 Å². The number of benzene rings is 1. The van der Waals surface area contributed by atoms with Gasteiger partial charge in [-0.1, -0.05) is 45.0 Å². The molecular weight excluding hydrogens is 328 g/mol. The molecule has 26 heavy (non-hydrogen) atoms. The normalized spacial score (nSPS) is 21.1. The van der Waals surface area contributed by atoms with E-state index in [0.717, 1.165) is 18.4 Å². The summed E-state index contributed by atoms with van der Waals surface area (Å²) in [6, 6.07) is 8.33. The first kappa shape index (κ1) is 18.9. The maximum Gasteiger partial charge on any atom is 0.251 e. The van der Waals surface area contributed by atoms with E-state index in [1.165, 1.54) is 5.56 Å². The lowest BCUT2D eigenvalue weighted by Crippen LogP contribution is -2.53. The zero-order valence-corrected chi connectivity index (χ0v) is 16.2. The van der Waals surface area contributed by atoms with Crippen molar-refractivity contribution in [3.05, 3.63) is 35.4 Å². The van der Waals surface area contributed by atoms with E-state index in [4.69, 9.17) is 4.74 Å². The van der Waals surface area contributed by atoms with Crippen LogP contribution in [0.3, 0.4) is 0 Å². The second kappa shape index (κ2) is 7.78. The molecular formula is C21H30N2O3. The van der Waals surface area contributed by atoms with Gasteiger partial charge in [0.15, 0.2) is 0 Å². The molecule has 5 nitrogen and oxygen atoms in total. The molecule has 142 valence electrons. The average molecular weight is 358 g/mol. The quantitative estimate of drug-likeness (QED) is 0.834. The molecule has 2 aliphatic rings. The molecule has 5 heteroatoms. The number of carbonyl (C=O) groups excluding carboxylic acids is 2. The molecule has 0 saturated carbocycles. The summed E-state index contributed by atoms with van der Waals surface area (Å²) in [5.74, 6) is 0.227. The van der Waals surface area contributed by atoms with Crippen molar-refractivity contribution in [1.29, 1.82) is 0 Å². The van der Waals surface area contributed by atoms with Crippen LogP contribution in [0.25, 0.3) is 0 Å². The van der Waals surface area contributed by atoms with E-state index < -0.39 is 0 Å². The summed E-state index contributed by atoms with van der Waals surface area (Å²) in [6.45, 7) is 9.66. The van der Waals surface area contributed by atoms with E-state index in [2.05, 4.69) is 45.0 Å². The largest absolute Gasteiger partial charge is 0.368 e. The lowest BCUT2D eigenvalue weighted by molar-refractivity contribution is -0.145. The third-order valence-corrected chi connectivity index (χ3v) is 5.32. The van der Waals surface area contributed by atoms with Gasteiger partial charge >= 0.3 is 0 Å². The highest BCUT2D eigenvalue weighted by atomic mass is 16.5. The van der Waals surface area contributed by atoms with Crippen molar-refractivity contribution in [2.45, 2.75) is 51.6 Å². The molecule has 1 aromatic rings. The zero-order chi connectivity index (χ0) is 18.7. The Balaban J connectivity index is 1.50. The van der Waals surface area contributed by atoms with Crippen molar-refractivity contribution in [1.82, 2.24) is 9.80 Å². The Morgan fingerprint density at radius 3 is 2.19 bits per heavy atom. The summed E-state index contributed by atoms with van der Waals surface area (Å²) in [4.78, 5) is 28.7. The predicted octanol–water partition coefficient (Wildman–Crippen LogP) is 2.38. The van der Waals surface area contributed by atoms with Crippen LogP contribution in [0.2, 0.25) is 0 Å². The first-order valence-electron chi connectivity index (χ1n) is 9.62. The maximum absolute atomic E-state index is 12.6. The number of amides is 2. The van der Waals surface area contributed by atoms with Gasteiger partial charge < -0.3 is 14.5 Å². The van der Waals surface area contributed by atoms with E-state index in [-0.39, 0.29) is 23.3 Å². The van der Waals surface area contributed by atoms with E-state index in [1.807, 2.05) is 9.80 Å². The highest BCUT2D eigenvalue weighted by molar-refractivity contribution is 5.82. The average Bonchev–Trinajstić information content (AvgIpc) is 3.15. The van der Waals surface area contributed by atoms with E-state index >= 15 is 0 Å². The first-order valence-corrected chi connectivity index (χ1v) is 9.62. The van der Waals surface area contributed by atoms with Crippen molar-refractivity contribution in [3.63, 3.8) is 0 Å². The fraction of sp³-hybridized carbons (Fsp3) is 0.619. The standard InChI is InChI=1S/C21H30N2O3/c1-21(2,3)17-8-6-16(7-9-17)15-19(24)22-10-12-23(13-11-22)20(25)18-5-4-14-26-18/h6-9,18H,4-5,10-15H2,1-3H3. The predicted molar refractivity (Wildman–Crippen MR) is 101 cm³/mol. The Kier molecular flexibility index (Phi) is 5.66. The summed E-state index contributed by atoms with van der Waals surface area (Å²) in [6.07, 6.45) is 1.94. The summed E-state index contributed by atoms with van der Waals surface area (Å²) in [5, 5.41) is 0. The maximum atomic E-state index is 12.6. The number of ether oxygens (including phenoxy) is 1. The number of hydrogen-bond acceptors (Lipinski definition) is 3. The molecule has 2 aliphatic heterocycles. The van der Waals surface area contributed by atoms with Crippen LogP contribution in [0.15, 0.2) is 24.3 Å². The molecule has 1 atom stereocenters. The molecule has 1 unspecified atom stereocenters. The van der Waals surface area contributed by atoms with Gasteiger partial charge in [-0.05, 0) is 29.4 Å². The summed E-state index contributed by atoms with van der Waals surface area (Å²) in [7, 11) is 0. The topological polar surface area (TPSA) is 49.9 Å². The number of piperazine rings is 1. The van der Waals surface area contributed by atoms with E-state index in [9.17, 15) is 9.59 Å². The second-order valence-electron chi connectivity index (χ2n) is 8.33. The Hall–Kier alpha value is -1.88. The molecule has 0 N–H and O–H groups in total. The molecule has 0 spiro atoms. The Bertz CT molecular complexity index is 634.